The van der Waals surface area contributed by atoms with Gasteiger partial charge in [-0.15, -0.1) is 0 Å². The molecular formula is C18H27N3O2. The van der Waals surface area contributed by atoms with E-state index in [2.05, 4.69) is 10.6 Å². The number of hydrogen-bond donors (Lipinski definition) is 3. The average Bonchev–Trinajstić information content (AvgIpc) is 2.52. The molecule has 0 aliphatic carbocycles. The highest BCUT2D eigenvalue weighted by molar-refractivity contribution is 5.96. The van der Waals surface area contributed by atoms with Crippen LogP contribution in [0.15, 0.2) is 24.3 Å². The molecule has 1 aromatic rings. The summed E-state index contributed by atoms with van der Waals surface area (Å²) < 4.78 is 0. The predicted molar refractivity (Wildman–Crippen MR) is 91.9 cm³/mol. The molecule has 1 aliphatic rings. The molecule has 0 spiro atoms. The molecule has 4 N–H and O–H groups in total. The fraction of sp³-hybridized carbons (Fsp3) is 0.556. The lowest BCUT2D eigenvalue weighted by molar-refractivity contribution is -0.124. The summed E-state index contributed by atoms with van der Waals surface area (Å²) in [4.78, 5) is 24.4. The van der Waals surface area contributed by atoms with Gasteiger partial charge in [0.25, 0.3) is 0 Å². The first-order valence-corrected chi connectivity index (χ1v) is 8.25. The van der Waals surface area contributed by atoms with Gasteiger partial charge >= 0.3 is 0 Å². The van der Waals surface area contributed by atoms with Gasteiger partial charge in [0.05, 0.1) is 5.54 Å². The minimum atomic E-state index is -0.404. The third-order valence-corrected chi connectivity index (χ3v) is 4.96. The van der Waals surface area contributed by atoms with Crippen LogP contribution in [0.5, 0.6) is 0 Å². The van der Waals surface area contributed by atoms with Crippen LogP contribution in [0.3, 0.4) is 0 Å². The van der Waals surface area contributed by atoms with Gasteiger partial charge in [-0.2, -0.15) is 0 Å². The Morgan fingerprint density at radius 1 is 1.43 bits per heavy atom. The first-order valence-electron chi connectivity index (χ1n) is 8.25. The quantitative estimate of drug-likeness (QED) is 0.751. The summed E-state index contributed by atoms with van der Waals surface area (Å²) in [6.07, 6.45) is 1.57. The van der Waals surface area contributed by atoms with Crippen LogP contribution in [0.1, 0.15) is 39.2 Å². The van der Waals surface area contributed by atoms with Gasteiger partial charge in [-0.25, -0.2) is 0 Å². The van der Waals surface area contributed by atoms with E-state index in [1.165, 1.54) is 0 Å². The second kappa shape index (κ2) is 7.13. The molecule has 2 atom stereocenters. The van der Waals surface area contributed by atoms with Gasteiger partial charge in [-0.3, -0.25) is 9.59 Å². The molecule has 2 rings (SSSR count). The van der Waals surface area contributed by atoms with Crippen molar-refractivity contribution in [3.05, 3.63) is 29.8 Å². The average molecular weight is 317 g/mol. The number of nitrogens with two attached hydrogens (primary N) is 1. The summed E-state index contributed by atoms with van der Waals surface area (Å²) in [6.45, 7) is 6.43. The van der Waals surface area contributed by atoms with Gasteiger partial charge in [-0.05, 0) is 37.3 Å². The second-order valence-electron chi connectivity index (χ2n) is 6.91. The maximum Gasteiger partial charge on any atom is 0.227 e. The van der Waals surface area contributed by atoms with Crippen molar-refractivity contribution in [2.24, 2.45) is 17.6 Å². The number of fused-ring (bicyclic) bond motifs is 1. The zero-order valence-corrected chi connectivity index (χ0v) is 14.2. The Bertz CT molecular complexity index is 585. The predicted octanol–water partition coefficient (Wildman–Crippen LogP) is 2.07. The molecule has 0 aromatic heterocycles. The van der Waals surface area contributed by atoms with Crippen LogP contribution in [0, 0.1) is 11.8 Å². The number of anilines is 1. The number of carbonyl (C=O) groups excluding carboxylic acids is 2. The Hall–Kier alpha value is -1.88. The van der Waals surface area contributed by atoms with Crippen LogP contribution >= 0.6 is 0 Å². The van der Waals surface area contributed by atoms with E-state index in [-0.39, 0.29) is 23.7 Å². The molecule has 126 valence electrons. The maximum absolute atomic E-state index is 12.2. The zero-order valence-electron chi connectivity index (χ0n) is 14.2. The lowest BCUT2D eigenvalue weighted by Crippen LogP contribution is -2.55. The third-order valence-electron chi connectivity index (χ3n) is 4.96. The summed E-state index contributed by atoms with van der Waals surface area (Å²) in [7, 11) is 0. The number of hydrogen-bond acceptors (Lipinski definition) is 3. The molecule has 0 bridgehead atoms. The Kier molecular flexibility index (Phi) is 5.42. The highest BCUT2D eigenvalue weighted by Gasteiger charge is 2.30. The second-order valence-corrected chi connectivity index (χ2v) is 6.91. The molecule has 23 heavy (non-hydrogen) atoms. The Labute approximate surface area is 138 Å². The molecule has 0 fully saturated rings. The SMILES string of the molecule is CC(C)C(C)(CN)NC(=O)CCC1Cc2ccccc2NC1=O. The first kappa shape index (κ1) is 17.5. The molecule has 1 aliphatic heterocycles. The van der Waals surface area contributed by atoms with Crippen LogP contribution in [0.2, 0.25) is 0 Å². The summed E-state index contributed by atoms with van der Waals surface area (Å²) in [6, 6.07) is 7.80. The number of benzene rings is 1. The van der Waals surface area contributed by atoms with E-state index in [1.807, 2.05) is 45.0 Å². The summed E-state index contributed by atoms with van der Waals surface area (Å²) in [5.41, 5.74) is 7.40. The zero-order chi connectivity index (χ0) is 17.0. The molecule has 0 saturated carbocycles. The Morgan fingerprint density at radius 2 is 2.13 bits per heavy atom. The van der Waals surface area contributed by atoms with Crippen LogP contribution in [0.4, 0.5) is 5.69 Å². The number of nitrogens with one attached hydrogen (secondary N) is 2. The normalized spacial score (nSPS) is 19.7. The maximum atomic E-state index is 12.2. The molecule has 2 unspecified atom stereocenters. The van der Waals surface area contributed by atoms with Gasteiger partial charge in [0.2, 0.25) is 11.8 Å². The lowest BCUT2D eigenvalue weighted by atomic mass is 9.87. The number of amides is 2. The number of para-hydroxylation sites is 1. The van der Waals surface area contributed by atoms with Gasteiger partial charge in [-0.1, -0.05) is 32.0 Å². The van der Waals surface area contributed by atoms with Gasteiger partial charge in [0.1, 0.15) is 0 Å². The summed E-state index contributed by atoms with van der Waals surface area (Å²) >= 11 is 0. The Balaban J connectivity index is 1.91. The molecule has 2 amide bonds. The van der Waals surface area contributed by atoms with Crippen molar-refractivity contribution in [2.45, 2.75) is 45.6 Å². The van der Waals surface area contributed by atoms with Crippen LogP contribution in [-0.2, 0) is 16.0 Å². The summed E-state index contributed by atoms with van der Waals surface area (Å²) in [5, 5.41) is 5.94. The van der Waals surface area contributed by atoms with Crippen molar-refractivity contribution in [2.75, 3.05) is 11.9 Å². The monoisotopic (exact) mass is 317 g/mol. The van der Waals surface area contributed by atoms with Gasteiger partial charge in [0, 0.05) is 24.6 Å². The van der Waals surface area contributed by atoms with Crippen molar-refractivity contribution >= 4 is 17.5 Å². The van der Waals surface area contributed by atoms with E-state index in [4.69, 9.17) is 5.73 Å². The van der Waals surface area contributed by atoms with Crippen LogP contribution in [0.25, 0.3) is 0 Å². The smallest absolute Gasteiger partial charge is 0.227 e. The third kappa shape index (κ3) is 4.10. The minimum absolute atomic E-state index is 0.00180. The number of rotatable bonds is 6. The molecule has 0 radical (unpaired) electrons. The molecule has 5 nitrogen and oxygen atoms in total. The molecular weight excluding hydrogens is 290 g/mol. The van der Waals surface area contributed by atoms with Crippen molar-refractivity contribution in [3.63, 3.8) is 0 Å². The van der Waals surface area contributed by atoms with E-state index in [1.54, 1.807) is 0 Å². The first-order chi connectivity index (χ1) is 10.9. The fourth-order valence-electron chi connectivity index (χ4n) is 2.76. The minimum Gasteiger partial charge on any atom is -0.349 e. The van der Waals surface area contributed by atoms with E-state index >= 15 is 0 Å². The number of carbonyl (C=O) groups is 2. The van der Waals surface area contributed by atoms with E-state index < -0.39 is 5.54 Å². The molecule has 1 aromatic carbocycles. The van der Waals surface area contributed by atoms with Crippen molar-refractivity contribution in [1.82, 2.24) is 5.32 Å². The van der Waals surface area contributed by atoms with Crippen LogP contribution < -0.4 is 16.4 Å². The molecule has 0 saturated heterocycles. The molecule has 5 heteroatoms. The van der Waals surface area contributed by atoms with Crippen LogP contribution in [-0.4, -0.2) is 23.9 Å². The highest BCUT2D eigenvalue weighted by atomic mass is 16.2. The Morgan fingerprint density at radius 3 is 2.78 bits per heavy atom. The van der Waals surface area contributed by atoms with Crippen molar-refractivity contribution in [1.29, 1.82) is 0 Å². The van der Waals surface area contributed by atoms with E-state index in [0.29, 0.717) is 25.8 Å². The topological polar surface area (TPSA) is 84.2 Å². The van der Waals surface area contributed by atoms with Crippen molar-refractivity contribution in [3.8, 4) is 0 Å². The van der Waals surface area contributed by atoms with E-state index in [0.717, 1.165) is 11.3 Å². The van der Waals surface area contributed by atoms with E-state index in [9.17, 15) is 9.59 Å². The fourth-order valence-corrected chi connectivity index (χ4v) is 2.76. The van der Waals surface area contributed by atoms with Gasteiger partial charge < -0.3 is 16.4 Å². The highest BCUT2D eigenvalue weighted by Crippen LogP contribution is 2.27. The summed E-state index contributed by atoms with van der Waals surface area (Å²) in [5.74, 6) is 0.0559. The van der Waals surface area contributed by atoms with Gasteiger partial charge in [0.15, 0.2) is 0 Å². The largest absolute Gasteiger partial charge is 0.349 e. The lowest BCUT2D eigenvalue weighted by Gasteiger charge is -2.34. The molecule has 1 heterocycles. The van der Waals surface area contributed by atoms with Crippen molar-refractivity contribution < 1.29 is 9.59 Å². The standard InChI is InChI=1S/C18H27N3O2/c1-12(2)18(3,11-19)21-16(22)9-8-14-10-13-6-4-5-7-15(13)20-17(14)23/h4-7,12,14H,8-11,19H2,1-3H3,(H,20,23)(H,21,22).